The van der Waals surface area contributed by atoms with Crippen molar-refractivity contribution in [1.29, 1.82) is 0 Å². The molecule has 0 saturated carbocycles. The van der Waals surface area contributed by atoms with Gasteiger partial charge in [-0.25, -0.2) is 19.7 Å². The maximum Gasteiger partial charge on any atom is 0.490 e. The Hall–Kier alpha value is -3.28. The van der Waals surface area contributed by atoms with E-state index in [-0.39, 0.29) is 17.4 Å². The summed E-state index contributed by atoms with van der Waals surface area (Å²) in [7, 11) is 0. The predicted molar refractivity (Wildman–Crippen MR) is 107 cm³/mol. The zero-order valence-corrected chi connectivity index (χ0v) is 17.6. The van der Waals surface area contributed by atoms with Gasteiger partial charge in [-0.15, -0.1) is 0 Å². The number of amides is 1. The quantitative estimate of drug-likeness (QED) is 0.728. The molecule has 0 aromatic carbocycles. The molecule has 0 radical (unpaired) electrons. The largest absolute Gasteiger partial charge is 0.490 e. The number of hydrogen-bond acceptors (Lipinski definition) is 7. The molecule has 12 heteroatoms. The summed E-state index contributed by atoms with van der Waals surface area (Å²) < 4.78 is 43.8. The van der Waals surface area contributed by atoms with Crippen LogP contribution >= 0.6 is 0 Å². The number of carboxylic acid groups (broad SMARTS) is 1. The maximum atomic E-state index is 12.8. The first-order chi connectivity index (χ1) is 15.7. The number of rotatable bonds is 4. The number of carbonyl (C=O) groups is 2. The Morgan fingerprint density at radius 1 is 1.24 bits per heavy atom. The molecular formula is C21H23F3N4O5. The fourth-order valence-electron chi connectivity index (χ4n) is 3.90. The monoisotopic (exact) mass is 468 g/mol. The van der Waals surface area contributed by atoms with Crippen LogP contribution < -0.4 is 4.74 Å². The lowest BCUT2D eigenvalue weighted by molar-refractivity contribution is -0.192. The summed E-state index contributed by atoms with van der Waals surface area (Å²) in [5.41, 5.74) is 0.215. The molecule has 2 unspecified atom stereocenters. The Balaban J connectivity index is 0.000000383. The molecule has 2 aliphatic rings. The van der Waals surface area contributed by atoms with E-state index in [0.29, 0.717) is 31.3 Å². The zero-order valence-electron chi connectivity index (χ0n) is 17.6. The van der Waals surface area contributed by atoms with Crippen molar-refractivity contribution in [2.24, 2.45) is 5.41 Å². The third-order valence-electron chi connectivity index (χ3n) is 5.46. The van der Waals surface area contributed by atoms with Gasteiger partial charge in [-0.2, -0.15) is 13.2 Å². The highest BCUT2D eigenvalue weighted by Crippen LogP contribution is 2.40. The van der Waals surface area contributed by atoms with Crippen LogP contribution in [0, 0.1) is 5.41 Å². The van der Waals surface area contributed by atoms with E-state index in [9.17, 15) is 18.0 Å². The van der Waals surface area contributed by atoms with E-state index >= 15 is 0 Å². The number of piperidine rings is 1. The molecule has 2 aromatic rings. The summed E-state index contributed by atoms with van der Waals surface area (Å²) in [6.45, 7) is 2.53. The van der Waals surface area contributed by atoms with Crippen LogP contribution in [0.2, 0.25) is 0 Å². The second-order valence-corrected chi connectivity index (χ2v) is 7.69. The predicted octanol–water partition coefficient (Wildman–Crippen LogP) is 2.60. The molecule has 33 heavy (non-hydrogen) atoms. The molecule has 1 N–H and O–H groups in total. The molecule has 2 aliphatic heterocycles. The lowest BCUT2D eigenvalue weighted by Gasteiger charge is -2.49. The van der Waals surface area contributed by atoms with Crippen LogP contribution in [0.5, 0.6) is 5.88 Å². The van der Waals surface area contributed by atoms with Crippen molar-refractivity contribution < 1.29 is 37.3 Å². The molecule has 9 nitrogen and oxygen atoms in total. The molecule has 0 bridgehead atoms. The third kappa shape index (κ3) is 6.37. The average molecular weight is 468 g/mol. The maximum absolute atomic E-state index is 12.8. The van der Waals surface area contributed by atoms with Gasteiger partial charge in [-0.3, -0.25) is 4.79 Å². The summed E-state index contributed by atoms with van der Waals surface area (Å²) in [5, 5.41) is 7.12. The van der Waals surface area contributed by atoms with E-state index in [2.05, 4.69) is 15.0 Å². The molecule has 2 saturated heterocycles. The highest BCUT2D eigenvalue weighted by Gasteiger charge is 2.48. The van der Waals surface area contributed by atoms with Crippen LogP contribution in [-0.2, 0) is 9.53 Å². The van der Waals surface area contributed by atoms with E-state index < -0.39 is 12.1 Å². The van der Waals surface area contributed by atoms with Crippen molar-refractivity contribution in [2.75, 3.05) is 26.3 Å². The number of aromatic nitrogens is 3. The molecule has 0 aliphatic carbocycles. The number of ether oxygens (including phenoxy) is 2. The number of hydrogen-bond donors (Lipinski definition) is 1. The van der Waals surface area contributed by atoms with E-state index in [0.717, 1.165) is 25.9 Å². The van der Waals surface area contributed by atoms with Gasteiger partial charge in [-0.1, -0.05) is 6.07 Å². The lowest BCUT2D eigenvalue weighted by atomic mass is 9.73. The Labute approximate surface area is 187 Å². The van der Waals surface area contributed by atoms with Crippen LogP contribution in [0.1, 0.15) is 29.8 Å². The Morgan fingerprint density at radius 3 is 2.67 bits per heavy atom. The van der Waals surface area contributed by atoms with Crippen LogP contribution in [0.4, 0.5) is 13.2 Å². The van der Waals surface area contributed by atoms with Crippen molar-refractivity contribution in [3.05, 3.63) is 48.7 Å². The van der Waals surface area contributed by atoms with Gasteiger partial charge in [0.2, 0.25) is 5.88 Å². The second-order valence-electron chi connectivity index (χ2n) is 7.69. The SMILES string of the molecule is O=C(O)C(F)(F)F.O=C(c1ccncn1)N1CCC2OCCCC2(COc2ccccn2)C1. The summed E-state index contributed by atoms with van der Waals surface area (Å²) in [4.78, 5) is 35.8. The van der Waals surface area contributed by atoms with Gasteiger partial charge in [0.05, 0.1) is 12.7 Å². The molecule has 2 atom stereocenters. The van der Waals surface area contributed by atoms with Gasteiger partial charge < -0.3 is 19.5 Å². The fraction of sp³-hybridized carbons (Fsp3) is 0.476. The number of carbonyl (C=O) groups excluding carboxylic acids is 1. The minimum atomic E-state index is -5.08. The minimum Gasteiger partial charge on any atom is -0.477 e. The van der Waals surface area contributed by atoms with Crippen LogP contribution in [0.25, 0.3) is 0 Å². The van der Waals surface area contributed by atoms with Gasteiger partial charge in [0.25, 0.3) is 5.91 Å². The highest BCUT2D eigenvalue weighted by molar-refractivity contribution is 5.92. The summed E-state index contributed by atoms with van der Waals surface area (Å²) in [6.07, 6.45) is 2.49. The summed E-state index contributed by atoms with van der Waals surface area (Å²) in [6, 6.07) is 7.27. The molecular weight excluding hydrogens is 445 g/mol. The number of halogens is 3. The minimum absolute atomic E-state index is 0.0614. The van der Waals surface area contributed by atoms with Gasteiger partial charge in [-0.05, 0) is 31.4 Å². The fourth-order valence-corrected chi connectivity index (χ4v) is 3.90. The van der Waals surface area contributed by atoms with E-state index in [4.69, 9.17) is 19.4 Å². The normalized spacial score (nSPS) is 22.4. The first-order valence-corrected chi connectivity index (χ1v) is 10.2. The summed E-state index contributed by atoms with van der Waals surface area (Å²) in [5.74, 6) is -2.22. The molecule has 178 valence electrons. The molecule has 4 heterocycles. The van der Waals surface area contributed by atoms with Crippen LogP contribution in [0.15, 0.2) is 43.0 Å². The van der Waals surface area contributed by atoms with Crippen molar-refractivity contribution >= 4 is 11.9 Å². The number of carboxylic acids is 1. The molecule has 2 aromatic heterocycles. The topological polar surface area (TPSA) is 115 Å². The van der Waals surface area contributed by atoms with Crippen molar-refractivity contribution in [2.45, 2.75) is 31.5 Å². The second kappa shape index (κ2) is 10.6. The smallest absolute Gasteiger partial charge is 0.477 e. The zero-order chi connectivity index (χ0) is 23.9. The molecule has 0 spiro atoms. The summed E-state index contributed by atoms with van der Waals surface area (Å²) >= 11 is 0. The number of nitrogens with zero attached hydrogens (tertiary/aromatic N) is 4. The first kappa shape index (κ1) is 24.4. The first-order valence-electron chi connectivity index (χ1n) is 10.2. The molecule has 4 rings (SSSR count). The number of pyridine rings is 1. The number of fused-ring (bicyclic) bond motifs is 1. The Morgan fingerprint density at radius 2 is 2.03 bits per heavy atom. The number of likely N-dealkylation sites (tertiary alicyclic amines) is 1. The average Bonchev–Trinajstić information content (AvgIpc) is 2.83. The van der Waals surface area contributed by atoms with Gasteiger partial charge in [0, 0.05) is 43.6 Å². The van der Waals surface area contributed by atoms with Crippen molar-refractivity contribution in [3.63, 3.8) is 0 Å². The standard InChI is InChI=1S/C19H22N4O3.C2HF3O2/c24-18(15-5-9-20-14-22-15)23-10-6-16-19(12-23,7-3-11-25-16)13-26-17-4-1-2-8-21-17;3-2(4,5)1(6)7/h1-2,4-5,8-9,14,16H,3,6-7,10-13H2;(H,6,7). The Kier molecular flexibility index (Phi) is 7.79. The van der Waals surface area contributed by atoms with Crippen molar-refractivity contribution in [3.8, 4) is 5.88 Å². The molecule has 1 amide bonds. The van der Waals surface area contributed by atoms with Crippen LogP contribution in [-0.4, -0.2) is 75.4 Å². The Bertz CT molecular complexity index is 933. The third-order valence-corrected chi connectivity index (χ3v) is 5.46. The van der Waals surface area contributed by atoms with Crippen LogP contribution in [0.3, 0.4) is 0 Å². The van der Waals surface area contributed by atoms with Gasteiger partial charge >= 0.3 is 12.1 Å². The van der Waals surface area contributed by atoms with Gasteiger partial charge in [0.1, 0.15) is 12.0 Å². The van der Waals surface area contributed by atoms with E-state index in [1.165, 1.54) is 6.33 Å². The lowest BCUT2D eigenvalue weighted by Crippen LogP contribution is -2.58. The number of alkyl halides is 3. The molecule has 2 fully saturated rings. The van der Waals surface area contributed by atoms with Gasteiger partial charge in [0.15, 0.2) is 0 Å². The highest BCUT2D eigenvalue weighted by atomic mass is 19.4. The van der Waals surface area contributed by atoms with E-state index in [1.807, 2.05) is 23.1 Å². The number of aliphatic carboxylic acids is 1. The van der Waals surface area contributed by atoms with Crippen molar-refractivity contribution in [1.82, 2.24) is 19.9 Å². The van der Waals surface area contributed by atoms with E-state index in [1.54, 1.807) is 18.5 Å².